The minimum atomic E-state index is -0.0821. The Morgan fingerprint density at radius 1 is 0.964 bits per heavy atom. The molecule has 0 atom stereocenters. The summed E-state index contributed by atoms with van der Waals surface area (Å²) in [5.41, 5.74) is 2.05. The fraction of sp³-hybridized carbons (Fsp3) is 0.450. The van der Waals surface area contributed by atoms with Gasteiger partial charge in [-0.2, -0.15) is 5.10 Å². The van der Waals surface area contributed by atoms with Gasteiger partial charge in [-0.15, -0.1) is 0 Å². The van der Waals surface area contributed by atoms with Gasteiger partial charge in [0, 0.05) is 43.4 Å². The summed E-state index contributed by atoms with van der Waals surface area (Å²) < 4.78 is 10.5. The average molecular weight is 384 g/mol. The lowest BCUT2D eigenvalue weighted by Crippen LogP contribution is -2.50. The zero-order valence-corrected chi connectivity index (χ0v) is 16.1. The van der Waals surface area contributed by atoms with E-state index in [1.165, 1.54) is 0 Å². The molecule has 0 unspecified atom stereocenters. The lowest BCUT2D eigenvalue weighted by Gasteiger charge is -2.34. The number of rotatable bonds is 5. The van der Waals surface area contributed by atoms with Crippen molar-refractivity contribution in [3.05, 3.63) is 41.2 Å². The molecule has 1 aromatic heterocycles. The van der Waals surface area contributed by atoms with Crippen molar-refractivity contribution >= 4 is 11.8 Å². The Morgan fingerprint density at radius 3 is 2.21 bits per heavy atom. The summed E-state index contributed by atoms with van der Waals surface area (Å²) in [5.74, 6) is 1.47. The van der Waals surface area contributed by atoms with Crippen LogP contribution in [0.3, 0.4) is 0 Å². The minimum Gasteiger partial charge on any atom is -0.493 e. The number of aromatic amines is 1. The van der Waals surface area contributed by atoms with E-state index in [0.29, 0.717) is 54.9 Å². The molecule has 0 bridgehead atoms. The van der Waals surface area contributed by atoms with Gasteiger partial charge in [0.05, 0.1) is 14.2 Å². The molecule has 148 valence electrons. The Labute approximate surface area is 163 Å². The molecule has 4 rings (SSSR count). The fourth-order valence-electron chi connectivity index (χ4n) is 3.48. The summed E-state index contributed by atoms with van der Waals surface area (Å²) in [5, 5.41) is 7.14. The molecule has 2 heterocycles. The smallest absolute Gasteiger partial charge is 0.274 e. The predicted molar refractivity (Wildman–Crippen MR) is 102 cm³/mol. The molecular weight excluding hydrogens is 360 g/mol. The second-order valence-corrected chi connectivity index (χ2v) is 7.14. The lowest BCUT2D eigenvalue weighted by molar-refractivity contribution is 0.0532. The number of piperazine rings is 1. The number of carbonyl (C=O) groups excluding carboxylic acids is 2. The predicted octanol–water partition coefficient (Wildman–Crippen LogP) is 1.90. The molecule has 2 aliphatic rings. The number of nitrogens with zero attached hydrogens (tertiary/aromatic N) is 3. The van der Waals surface area contributed by atoms with Crippen molar-refractivity contribution < 1.29 is 19.1 Å². The highest BCUT2D eigenvalue weighted by molar-refractivity contribution is 5.96. The third-order valence-electron chi connectivity index (χ3n) is 5.32. The van der Waals surface area contributed by atoms with Crippen LogP contribution in [-0.2, 0) is 0 Å². The second-order valence-electron chi connectivity index (χ2n) is 7.14. The van der Waals surface area contributed by atoms with Crippen molar-refractivity contribution in [2.75, 3.05) is 40.4 Å². The molecule has 1 aromatic carbocycles. The van der Waals surface area contributed by atoms with Gasteiger partial charge >= 0.3 is 0 Å². The maximum atomic E-state index is 12.8. The summed E-state index contributed by atoms with van der Waals surface area (Å²) in [4.78, 5) is 29.0. The van der Waals surface area contributed by atoms with Crippen LogP contribution in [0.15, 0.2) is 24.3 Å². The second kappa shape index (κ2) is 7.53. The van der Waals surface area contributed by atoms with Gasteiger partial charge in [-0.05, 0) is 37.1 Å². The Kier molecular flexibility index (Phi) is 4.93. The largest absolute Gasteiger partial charge is 0.493 e. The number of hydrogen-bond donors (Lipinski definition) is 1. The van der Waals surface area contributed by atoms with Crippen molar-refractivity contribution in [1.29, 1.82) is 0 Å². The van der Waals surface area contributed by atoms with Gasteiger partial charge in [0.15, 0.2) is 11.5 Å². The summed E-state index contributed by atoms with van der Waals surface area (Å²) in [7, 11) is 3.10. The highest BCUT2D eigenvalue weighted by Crippen LogP contribution is 2.39. The third kappa shape index (κ3) is 3.54. The van der Waals surface area contributed by atoms with E-state index in [0.717, 1.165) is 18.5 Å². The lowest BCUT2D eigenvalue weighted by atomic mass is 10.1. The number of aromatic nitrogens is 2. The van der Waals surface area contributed by atoms with Crippen molar-refractivity contribution in [3.8, 4) is 11.5 Å². The maximum absolute atomic E-state index is 12.8. The first-order valence-corrected chi connectivity index (χ1v) is 9.46. The van der Waals surface area contributed by atoms with Crippen molar-refractivity contribution in [2.24, 2.45) is 0 Å². The molecule has 0 radical (unpaired) electrons. The third-order valence-corrected chi connectivity index (χ3v) is 5.32. The quantitative estimate of drug-likeness (QED) is 0.851. The van der Waals surface area contributed by atoms with E-state index < -0.39 is 0 Å². The SMILES string of the molecule is COc1ccc(C(=O)N2CCN(C(=O)c3cc(C4CC4)[nH]n3)CC2)cc1OC. The van der Waals surface area contributed by atoms with E-state index in [9.17, 15) is 9.59 Å². The normalized spacial score (nSPS) is 16.8. The number of methoxy groups -OCH3 is 2. The number of benzene rings is 1. The standard InChI is InChI=1S/C20H24N4O4/c1-27-17-6-5-14(11-18(17)28-2)19(25)23-7-9-24(10-8-23)20(26)16-12-15(21-22-16)13-3-4-13/h5-6,11-13H,3-4,7-10H2,1-2H3,(H,21,22). The topological polar surface area (TPSA) is 87.8 Å². The molecular formula is C20H24N4O4. The van der Waals surface area contributed by atoms with Crippen LogP contribution in [0.2, 0.25) is 0 Å². The van der Waals surface area contributed by atoms with Gasteiger partial charge in [-0.3, -0.25) is 14.7 Å². The van der Waals surface area contributed by atoms with Gasteiger partial charge < -0.3 is 19.3 Å². The van der Waals surface area contributed by atoms with Crippen LogP contribution >= 0.6 is 0 Å². The van der Waals surface area contributed by atoms with E-state index in [1.807, 2.05) is 6.07 Å². The molecule has 2 aromatic rings. The first kappa shape index (κ1) is 18.3. The number of amides is 2. The zero-order chi connectivity index (χ0) is 19.7. The Bertz CT molecular complexity index is 882. The average Bonchev–Trinajstić information content (AvgIpc) is 3.48. The van der Waals surface area contributed by atoms with Gasteiger partial charge in [0.1, 0.15) is 5.69 Å². The van der Waals surface area contributed by atoms with Crippen LogP contribution < -0.4 is 9.47 Å². The number of carbonyl (C=O) groups is 2. The molecule has 8 heteroatoms. The van der Waals surface area contributed by atoms with Gasteiger partial charge in [0.2, 0.25) is 0 Å². The van der Waals surface area contributed by atoms with E-state index >= 15 is 0 Å². The van der Waals surface area contributed by atoms with Crippen LogP contribution in [0.1, 0.15) is 45.3 Å². The first-order chi connectivity index (χ1) is 13.6. The highest BCUT2D eigenvalue weighted by atomic mass is 16.5. The number of H-pyrrole nitrogens is 1. The van der Waals surface area contributed by atoms with E-state index in [1.54, 1.807) is 42.2 Å². The monoisotopic (exact) mass is 384 g/mol. The molecule has 1 N–H and O–H groups in total. The Morgan fingerprint density at radius 2 is 1.61 bits per heavy atom. The molecule has 2 amide bonds. The molecule has 1 saturated carbocycles. The summed E-state index contributed by atoms with van der Waals surface area (Å²) >= 11 is 0. The van der Waals surface area contributed by atoms with Gasteiger partial charge in [-0.1, -0.05) is 0 Å². The van der Waals surface area contributed by atoms with E-state index in [-0.39, 0.29) is 11.8 Å². The number of nitrogens with one attached hydrogen (secondary N) is 1. The van der Waals surface area contributed by atoms with Crippen molar-refractivity contribution in [1.82, 2.24) is 20.0 Å². The van der Waals surface area contributed by atoms with Crippen molar-refractivity contribution in [2.45, 2.75) is 18.8 Å². The molecule has 0 spiro atoms. The molecule has 1 aliphatic heterocycles. The Hall–Kier alpha value is -3.03. The van der Waals surface area contributed by atoms with Crippen LogP contribution in [0.25, 0.3) is 0 Å². The van der Waals surface area contributed by atoms with E-state index in [2.05, 4.69) is 10.2 Å². The minimum absolute atomic E-state index is 0.0798. The van der Waals surface area contributed by atoms with Crippen molar-refractivity contribution in [3.63, 3.8) is 0 Å². The summed E-state index contributed by atoms with van der Waals surface area (Å²) in [6.07, 6.45) is 2.32. The van der Waals surface area contributed by atoms with Crippen LogP contribution in [-0.4, -0.2) is 72.2 Å². The maximum Gasteiger partial charge on any atom is 0.274 e. The van der Waals surface area contributed by atoms with Crippen LogP contribution in [0, 0.1) is 0 Å². The molecule has 8 nitrogen and oxygen atoms in total. The molecule has 28 heavy (non-hydrogen) atoms. The molecule has 1 aliphatic carbocycles. The van der Waals surface area contributed by atoms with Gasteiger partial charge in [0.25, 0.3) is 11.8 Å². The summed E-state index contributed by atoms with van der Waals surface area (Å²) in [6, 6.07) is 6.99. The Balaban J connectivity index is 1.37. The van der Waals surface area contributed by atoms with Crippen LogP contribution in [0.4, 0.5) is 0 Å². The van der Waals surface area contributed by atoms with Gasteiger partial charge in [-0.25, -0.2) is 0 Å². The number of ether oxygens (including phenoxy) is 2. The van der Waals surface area contributed by atoms with Crippen LogP contribution in [0.5, 0.6) is 11.5 Å². The number of hydrogen-bond acceptors (Lipinski definition) is 5. The zero-order valence-electron chi connectivity index (χ0n) is 16.1. The van der Waals surface area contributed by atoms with E-state index in [4.69, 9.17) is 9.47 Å². The molecule has 2 fully saturated rings. The summed E-state index contributed by atoms with van der Waals surface area (Å²) in [6.45, 7) is 1.95. The first-order valence-electron chi connectivity index (χ1n) is 9.46. The fourth-order valence-corrected chi connectivity index (χ4v) is 3.48. The molecule has 1 saturated heterocycles. The highest BCUT2D eigenvalue weighted by Gasteiger charge is 2.30.